The van der Waals surface area contributed by atoms with Gasteiger partial charge in [0.05, 0.1) is 16.8 Å². The normalized spacial score (nSPS) is 19.5. The predicted molar refractivity (Wildman–Crippen MR) is 122 cm³/mol. The average molecular weight is 482 g/mol. The van der Waals surface area contributed by atoms with Crippen LogP contribution in [0.15, 0.2) is 60.2 Å². The number of benzene rings is 2. The number of hydrogen-bond acceptors (Lipinski definition) is 6. The summed E-state index contributed by atoms with van der Waals surface area (Å²) in [6.07, 6.45) is 2.68. The molecule has 1 aliphatic heterocycles. The maximum absolute atomic E-state index is 13.4. The number of nitrogens with zero attached hydrogens (tertiary/aromatic N) is 3. The summed E-state index contributed by atoms with van der Waals surface area (Å²) in [6.45, 7) is 1.31. The largest absolute Gasteiger partial charge is 0.292 e. The second-order valence-corrected chi connectivity index (χ2v) is 8.72. The van der Waals surface area contributed by atoms with Crippen LogP contribution < -0.4 is 0 Å². The van der Waals surface area contributed by atoms with Crippen LogP contribution in [-0.4, -0.2) is 45.0 Å². The van der Waals surface area contributed by atoms with Crippen molar-refractivity contribution in [1.29, 1.82) is 0 Å². The molecule has 0 spiro atoms. The van der Waals surface area contributed by atoms with Crippen LogP contribution in [-0.2, 0) is 9.59 Å². The molecule has 0 N–H and O–H groups in total. The number of ketones is 1. The molecule has 2 atom stereocenters. The molecule has 0 radical (unpaired) electrons. The summed E-state index contributed by atoms with van der Waals surface area (Å²) < 4.78 is 0. The first kappa shape index (κ1) is 23.3. The molecule has 2 aliphatic rings. The Hall–Kier alpha value is -3.85. The topological polar surface area (TPSA) is 118 Å². The first-order chi connectivity index (χ1) is 16.2. The van der Waals surface area contributed by atoms with E-state index in [2.05, 4.69) is 0 Å². The van der Waals surface area contributed by atoms with E-state index in [1.54, 1.807) is 0 Å². The first-order valence-corrected chi connectivity index (χ1v) is 10.9. The van der Waals surface area contributed by atoms with E-state index in [0.29, 0.717) is 17.9 Å². The smallest absolute Gasteiger partial charge is 0.273 e. The lowest BCUT2D eigenvalue weighted by atomic mass is 9.82. The summed E-state index contributed by atoms with van der Waals surface area (Å²) in [5.41, 5.74) is 1.01. The number of carbonyl (C=O) groups excluding carboxylic acids is 4. The number of rotatable bonds is 6. The molecule has 10 heteroatoms. The highest BCUT2D eigenvalue weighted by Crippen LogP contribution is 2.38. The van der Waals surface area contributed by atoms with Gasteiger partial charge in [0.15, 0.2) is 5.78 Å². The van der Waals surface area contributed by atoms with Gasteiger partial charge in [0.2, 0.25) is 0 Å². The molecule has 1 fully saturated rings. The fourth-order valence-electron chi connectivity index (χ4n) is 4.23. The van der Waals surface area contributed by atoms with Crippen LogP contribution in [0, 0.1) is 22.0 Å². The Balaban J connectivity index is 1.69. The van der Waals surface area contributed by atoms with Gasteiger partial charge in [-0.25, -0.2) is 5.01 Å². The van der Waals surface area contributed by atoms with Crippen LogP contribution in [0.3, 0.4) is 0 Å². The molecule has 34 heavy (non-hydrogen) atoms. The summed E-state index contributed by atoms with van der Waals surface area (Å²) in [5.74, 6) is -3.58. The van der Waals surface area contributed by atoms with Crippen molar-refractivity contribution in [2.24, 2.45) is 11.8 Å². The van der Waals surface area contributed by atoms with Crippen molar-refractivity contribution < 1.29 is 24.1 Å². The molecule has 174 valence electrons. The van der Waals surface area contributed by atoms with Crippen molar-refractivity contribution in [3.8, 4) is 0 Å². The molecule has 1 heterocycles. The average Bonchev–Trinajstić information content (AvgIpc) is 3.06. The van der Waals surface area contributed by atoms with Gasteiger partial charge in [-0.15, -0.1) is 0 Å². The lowest BCUT2D eigenvalue weighted by molar-refractivity contribution is -0.384. The highest BCUT2D eigenvalue weighted by Gasteiger charge is 2.51. The Morgan fingerprint density at radius 2 is 1.62 bits per heavy atom. The molecule has 4 rings (SSSR count). The number of hydrogen-bond donors (Lipinski definition) is 0. The molecule has 0 bridgehead atoms. The van der Waals surface area contributed by atoms with Gasteiger partial charge >= 0.3 is 0 Å². The summed E-state index contributed by atoms with van der Waals surface area (Å²) in [4.78, 5) is 63.2. The Labute approximate surface area is 199 Å². The van der Waals surface area contributed by atoms with E-state index in [0.717, 1.165) is 27.7 Å². The van der Waals surface area contributed by atoms with Gasteiger partial charge in [-0.05, 0) is 56.2 Å². The second kappa shape index (κ2) is 9.18. The molecule has 3 amide bonds. The van der Waals surface area contributed by atoms with Gasteiger partial charge in [-0.3, -0.25) is 29.3 Å². The third-order valence-corrected chi connectivity index (χ3v) is 6.31. The van der Waals surface area contributed by atoms with Crippen LogP contribution in [0.5, 0.6) is 0 Å². The van der Waals surface area contributed by atoms with Crippen LogP contribution in [0.25, 0.3) is 0 Å². The number of amides is 3. The Kier molecular flexibility index (Phi) is 6.30. The highest BCUT2D eigenvalue weighted by atomic mass is 35.5. The molecule has 1 saturated heterocycles. The predicted octanol–water partition coefficient (Wildman–Crippen LogP) is 3.83. The number of nitro groups is 1. The maximum Gasteiger partial charge on any atom is 0.273 e. The van der Waals surface area contributed by atoms with Gasteiger partial charge < -0.3 is 0 Å². The molecule has 2 aromatic rings. The van der Waals surface area contributed by atoms with Crippen molar-refractivity contribution in [3.63, 3.8) is 0 Å². The van der Waals surface area contributed by atoms with Gasteiger partial charge in [0.1, 0.15) is 6.54 Å². The van der Waals surface area contributed by atoms with Gasteiger partial charge in [0, 0.05) is 28.3 Å². The van der Waals surface area contributed by atoms with Crippen molar-refractivity contribution in [2.45, 2.75) is 19.8 Å². The van der Waals surface area contributed by atoms with Crippen molar-refractivity contribution >= 4 is 40.8 Å². The minimum atomic E-state index is -0.790. The number of nitro benzene ring substituents is 1. The number of hydrazine groups is 1. The maximum atomic E-state index is 13.4. The lowest BCUT2D eigenvalue weighted by Gasteiger charge is -2.30. The molecule has 1 aliphatic carbocycles. The third-order valence-electron chi connectivity index (χ3n) is 6.06. The van der Waals surface area contributed by atoms with E-state index in [4.69, 9.17) is 11.6 Å². The standard InChI is InChI=1S/C24H20ClN3O6/c1-14-2-11-19-20(12-14)24(32)27(23(19)31)26(13-21(29)15-3-7-17(25)8-4-15)22(30)16-5-9-18(10-6-16)28(33)34/h2-10,19-20H,11-13H2,1H3/t19-,20-/m0/s1. The Morgan fingerprint density at radius 1 is 1.03 bits per heavy atom. The Morgan fingerprint density at radius 3 is 2.24 bits per heavy atom. The minimum absolute atomic E-state index is 0.000663. The van der Waals surface area contributed by atoms with Crippen LogP contribution in [0.2, 0.25) is 5.02 Å². The van der Waals surface area contributed by atoms with E-state index in [9.17, 15) is 29.3 Å². The van der Waals surface area contributed by atoms with Crippen LogP contribution in [0.4, 0.5) is 5.69 Å². The fraction of sp³-hybridized carbons (Fsp3) is 0.250. The number of Topliss-reactive ketones (excluding diaryl/α,β-unsaturated/α-hetero) is 1. The highest BCUT2D eigenvalue weighted by molar-refractivity contribution is 6.30. The SMILES string of the molecule is CC1=CC[C@@H]2C(=O)N(N(CC(=O)c3ccc(Cl)cc3)C(=O)c3ccc([N+](=O)[O-])cc3)C(=O)[C@H]2C1. The van der Waals surface area contributed by atoms with E-state index in [-0.39, 0.29) is 16.8 Å². The molecule has 0 unspecified atom stereocenters. The molecule has 2 aromatic carbocycles. The zero-order chi connectivity index (χ0) is 24.6. The summed E-state index contributed by atoms with van der Waals surface area (Å²) in [6, 6.07) is 10.8. The fourth-order valence-corrected chi connectivity index (χ4v) is 4.36. The molecule has 9 nitrogen and oxygen atoms in total. The number of fused-ring (bicyclic) bond motifs is 1. The zero-order valence-electron chi connectivity index (χ0n) is 18.1. The van der Waals surface area contributed by atoms with Crippen LogP contribution in [0.1, 0.15) is 40.5 Å². The van der Waals surface area contributed by atoms with Gasteiger partial charge in [-0.1, -0.05) is 23.3 Å². The quantitative estimate of drug-likeness (QED) is 0.203. The Bertz CT molecular complexity index is 1220. The molecular weight excluding hydrogens is 462 g/mol. The molecule has 0 saturated carbocycles. The summed E-state index contributed by atoms with van der Waals surface area (Å²) >= 11 is 5.88. The van der Waals surface area contributed by atoms with E-state index >= 15 is 0 Å². The van der Waals surface area contributed by atoms with E-state index < -0.39 is 46.8 Å². The minimum Gasteiger partial charge on any atom is -0.292 e. The van der Waals surface area contributed by atoms with Crippen molar-refractivity contribution in [3.05, 3.63) is 86.4 Å². The van der Waals surface area contributed by atoms with Gasteiger partial charge in [0.25, 0.3) is 23.4 Å². The number of halogens is 1. The van der Waals surface area contributed by atoms with Crippen LogP contribution >= 0.6 is 11.6 Å². The molecular formula is C24H20ClN3O6. The van der Waals surface area contributed by atoms with Gasteiger partial charge in [-0.2, -0.15) is 5.01 Å². The zero-order valence-corrected chi connectivity index (χ0v) is 18.9. The van der Waals surface area contributed by atoms with Crippen molar-refractivity contribution in [2.75, 3.05) is 6.54 Å². The number of imide groups is 1. The van der Waals surface area contributed by atoms with E-state index in [1.165, 1.54) is 36.4 Å². The summed E-state index contributed by atoms with van der Waals surface area (Å²) in [7, 11) is 0. The number of allylic oxidation sites excluding steroid dienone is 2. The van der Waals surface area contributed by atoms with E-state index in [1.807, 2.05) is 13.0 Å². The lowest BCUT2D eigenvalue weighted by Crippen LogP contribution is -2.52. The monoisotopic (exact) mass is 481 g/mol. The third kappa shape index (κ3) is 4.34. The second-order valence-electron chi connectivity index (χ2n) is 8.29. The number of non-ortho nitro benzene ring substituents is 1. The first-order valence-electron chi connectivity index (χ1n) is 10.6. The number of carbonyl (C=O) groups is 4. The summed E-state index contributed by atoms with van der Waals surface area (Å²) in [5, 5.41) is 13.0. The molecule has 0 aromatic heterocycles. The van der Waals surface area contributed by atoms with Crippen molar-refractivity contribution in [1.82, 2.24) is 10.0 Å².